The molecule has 0 saturated heterocycles. The number of aryl methyl sites for hydroxylation is 1. The van der Waals surface area contributed by atoms with E-state index in [0.29, 0.717) is 43.2 Å². The number of allylic oxidation sites excluding steroid dienone is 2. The van der Waals surface area contributed by atoms with E-state index in [9.17, 15) is 15.0 Å². The molecule has 2 aromatic carbocycles. The van der Waals surface area contributed by atoms with Gasteiger partial charge in [-0.25, -0.2) is 0 Å². The SMILES string of the molecule is C[C@H]1C=C[C@H]([C@@H](O)CC(=O)CCc2ccc3c(c2)O[C@H]2[C@@H](C#C[C@H](O)c4ccc5c(c4CC4=CN=C6C[NH+]2C=C46)CCN[C@H]5N)C2(C#CO3)CCCC2)CC1. The lowest BCUT2D eigenvalue weighted by Crippen LogP contribution is -3.13. The van der Waals surface area contributed by atoms with Gasteiger partial charge in [-0.05, 0) is 90.0 Å². The number of ether oxygens (including phenoxy) is 2. The van der Waals surface area contributed by atoms with E-state index in [2.05, 4.69) is 54.5 Å². The Hall–Kier alpha value is -4.48. The van der Waals surface area contributed by atoms with Gasteiger partial charge in [-0.15, -0.1) is 0 Å². The van der Waals surface area contributed by atoms with Crippen LogP contribution >= 0.6 is 0 Å². The quantitative estimate of drug-likeness (QED) is 0.221. The zero-order chi connectivity index (χ0) is 37.7. The van der Waals surface area contributed by atoms with Gasteiger partial charge < -0.3 is 25.4 Å². The maximum absolute atomic E-state index is 13.1. The van der Waals surface area contributed by atoms with Crippen molar-refractivity contribution in [3.8, 4) is 35.4 Å². The first-order valence-corrected chi connectivity index (χ1v) is 20.3. The number of carbonyl (C=O) groups excluding carboxylic acids is 1. The predicted molar refractivity (Wildman–Crippen MR) is 210 cm³/mol. The van der Waals surface area contributed by atoms with Crippen molar-refractivity contribution < 1.29 is 29.4 Å². The van der Waals surface area contributed by atoms with Gasteiger partial charge in [-0.1, -0.05) is 67.9 Å². The van der Waals surface area contributed by atoms with Crippen LogP contribution in [0.4, 0.5) is 0 Å². The maximum atomic E-state index is 13.1. The van der Waals surface area contributed by atoms with Gasteiger partial charge in [0.1, 0.15) is 42.4 Å². The topological polar surface area (TPSA) is 131 Å². The number of nitrogens with two attached hydrogens (primary N) is 1. The summed E-state index contributed by atoms with van der Waals surface area (Å²) >= 11 is 0. The summed E-state index contributed by atoms with van der Waals surface area (Å²) in [7, 11) is 0. The number of aliphatic hydroxyl groups excluding tert-OH is 2. The third-order valence-electron chi connectivity index (χ3n) is 13.1. The van der Waals surface area contributed by atoms with Gasteiger partial charge in [-0.2, -0.15) is 0 Å². The second kappa shape index (κ2) is 14.9. The van der Waals surface area contributed by atoms with Gasteiger partial charge in [0.05, 0.1) is 23.3 Å². The van der Waals surface area contributed by atoms with Gasteiger partial charge in [0.25, 0.3) is 6.23 Å². The monoisotopic (exact) mass is 739 g/mol. The molecule has 0 amide bonds. The molecule has 9 nitrogen and oxygen atoms in total. The Morgan fingerprint density at radius 3 is 2.80 bits per heavy atom. The number of nitrogens with one attached hydrogen (secondary N) is 2. The van der Waals surface area contributed by atoms with E-state index in [1.807, 2.05) is 36.5 Å². The molecule has 2 aliphatic carbocycles. The summed E-state index contributed by atoms with van der Waals surface area (Å²) in [5.41, 5.74) is 14.4. The van der Waals surface area contributed by atoms with Gasteiger partial charge >= 0.3 is 0 Å². The van der Waals surface area contributed by atoms with E-state index < -0.39 is 23.9 Å². The van der Waals surface area contributed by atoms with Crippen molar-refractivity contribution in [1.29, 1.82) is 0 Å². The summed E-state index contributed by atoms with van der Waals surface area (Å²) in [6.07, 6.45) is 17.3. The highest BCUT2D eigenvalue weighted by molar-refractivity contribution is 6.08. The van der Waals surface area contributed by atoms with Crippen LogP contribution in [0.15, 0.2) is 71.0 Å². The molecule has 7 aliphatic rings. The predicted octanol–water partition coefficient (Wildman–Crippen LogP) is 4.29. The fourth-order valence-electron chi connectivity index (χ4n) is 9.89. The minimum Gasteiger partial charge on any atom is -0.437 e. The highest BCUT2D eigenvalue weighted by Crippen LogP contribution is 2.47. The molecule has 9 rings (SSSR count). The molecule has 0 aromatic heterocycles. The first-order valence-electron chi connectivity index (χ1n) is 20.3. The lowest BCUT2D eigenvalue weighted by molar-refractivity contribution is -0.888. The number of nitrogens with zero attached hydrogens (tertiary/aromatic N) is 1. The van der Waals surface area contributed by atoms with Crippen LogP contribution in [0.2, 0.25) is 0 Å². The van der Waals surface area contributed by atoms with E-state index >= 15 is 0 Å². The number of ketones is 1. The van der Waals surface area contributed by atoms with Crippen LogP contribution in [0.3, 0.4) is 0 Å². The Balaban J connectivity index is 1.05. The molecule has 284 valence electrons. The van der Waals surface area contributed by atoms with Crippen molar-refractivity contribution in [2.45, 2.75) is 102 Å². The van der Waals surface area contributed by atoms with Crippen LogP contribution in [-0.2, 0) is 24.1 Å². The van der Waals surface area contributed by atoms with Crippen molar-refractivity contribution in [3.05, 3.63) is 93.8 Å². The molecule has 1 unspecified atom stereocenters. The second-order valence-corrected chi connectivity index (χ2v) is 16.7. The van der Waals surface area contributed by atoms with Gasteiger partial charge in [0.15, 0.2) is 11.5 Å². The number of aliphatic hydroxyl groups is 2. The number of rotatable bonds is 6. The molecule has 5 aliphatic heterocycles. The molecule has 8 atom stereocenters. The number of hydrogen-bond donors (Lipinski definition) is 5. The number of carbonyl (C=O) groups is 1. The molecule has 6 N–H and O–H groups in total. The standard InChI is InChI=1S/C46H50N4O5/c1-28-4-8-30(9-5-28)41(53)24-32(51)10-6-29-7-15-42-43(22-29)55-45-38(46(19-21-54-42)17-2-3-18-46)13-14-40(52)34-11-12-35-33(16-20-48-44(35)47)36(34)23-31-25-49-39-27-50(45)26-37(31)39/h4,7-8,11-12,15,22,25-26,28,30,38,40-41,44-45,48,52-53H,2-3,5-6,9-10,16-18,20,23-24,27,47H2,1H3/p+1/t28-,30-,38+,40-,41-,44+,45-/m0/s1. The van der Waals surface area contributed by atoms with Crippen LogP contribution < -0.4 is 25.4 Å². The largest absolute Gasteiger partial charge is 0.437 e. The van der Waals surface area contributed by atoms with E-state index in [1.165, 1.54) is 5.56 Å². The van der Waals surface area contributed by atoms with Gasteiger partial charge in [0, 0.05) is 37.9 Å². The Morgan fingerprint density at radius 1 is 1.11 bits per heavy atom. The summed E-state index contributed by atoms with van der Waals surface area (Å²) in [4.78, 5) is 19.1. The average molecular weight is 740 g/mol. The summed E-state index contributed by atoms with van der Waals surface area (Å²) in [6, 6.07) is 9.86. The highest BCUT2D eigenvalue weighted by atomic mass is 16.5. The van der Waals surface area contributed by atoms with Crippen molar-refractivity contribution in [3.63, 3.8) is 0 Å². The third kappa shape index (κ3) is 6.99. The molecular formula is C46H51N4O5+. The minimum atomic E-state index is -1.01. The van der Waals surface area contributed by atoms with Crippen molar-refractivity contribution in [2.75, 3.05) is 13.1 Å². The molecule has 9 heteroatoms. The lowest BCUT2D eigenvalue weighted by atomic mass is 9.73. The van der Waals surface area contributed by atoms with E-state index in [4.69, 9.17) is 20.2 Å². The fourth-order valence-corrected chi connectivity index (χ4v) is 9.89. The Labute approximate surface area is 323 Å². The van der Waals surface area contributed by atoms with Gasteiger partial charge in [-0.3, -0.25) is 20.0 Å². The lowest BCUT2D eigenvalue weighted by Gasteiger charge is -2.36. The Kier molecular flexibility index (Phi) is 9.79. The molecule has 1 saturated carbocycles. The summed E-state index contributed by atoms with van der Waals surface area (Å²) in [5, 5.41) is 26.1. The summed E-state index contributed by atoms with van der Waals surface area (Å²) in [6.45, 7) is 3.60. The third-order valence-corrected chi connectivity index (χ3v) is 13.1. The molecule has 55 heavy (non-hydrogen) atoms. The Morgan fingerprint density at radius 2 is 1.96 bits per heavy atom. The maximum Gasteiger partial charge on any atom is 0.252 e. The molecule has 1 spiro atoms. The number of benzene rings is 2. The van der Waals surface area contributed by atoms with Crippen LogP contribution in [0.5, 0.6) is 11.5 Å². The number of Topliss-reactive ketones (excluding diaryl/α,β-unsaturated/α-hetero) is 1. The molecule has 1 fully saturated rings. The molecule has 2 aromatic rings. The van der Waals surface area contributed by atoms with Crippen molar-refractivity contribution in [1.82, 2.24) is 5.32 Å². The van der Waals surface area contributed by atoms with Crippen LogP contribution in [0, 0.1) is 47.0 Å². The van der Waals surface area contributed by atoms with E-state index in [1.54, 1.807) is 0 Å². The smallest absolute Gasteiger partial charge is 0.252 e. The zero-order valence-corrected chi connectivity index (χ0v) is 31.6. The number of aliphatic imine (C=N–C) groups is 1. The minimum absolute atomic E-state index is 0.0371. The summed E-state index contributed by atoms with van der Waals surface area (Å²) < 4.78 is 13.3. The summed E-state index contributed by atoms with van der Waals surface area (Å²) in [5.74, 6) is 11.8. The first kappa shape index (κ1) is 36.2. The van der Waals surface area contributed by atoms with E-state index in [-0.39, 0.29) is 30.2 Å². The van der Waals surface area contributed by atoms with E-state index in [0.717, 1.165) is 95.5 Å². The zero-order valence-electron chi connectivity index (χ0n) is 31.6. The molecule has 5 heterocycles. The van der Waals surface area contributed by atoms with Crippen molar-refractivity contribution in [2.24, 2.45) is 33.9 Å². The van der Waals surface area contributed by atoms with Crippen molar-refractivity contribution >= 4 is 11.5 Å². The second-order valence-electron chi connectivity index (χ2n) is 16.7. The average Bonchev–Trinajstić information content (AvgIpc) is 3.93. The molecular weight excluding hydrogens is 689 g/mol. The van der Waals surface area contributed by atoms with Gasteiger partial charge in [0.2, 0.25) is 0 Å². The Bertz CT molecular complexity index is 2140. The van der Waals surface area contributed by atoms with Crippen LogP contribution in [-0.4, -0.2) is 47.1 Å². The van der Waals surface area contributed by atoms with Crippen LogP contribution in [0.25, 0.3) is 0 Å². The fraction of sp³-hybridized carbons (Fsp3) is 0.478. The molecule has 0 radical (unpaired) electrons. The first-order chi connectivity index (χ1) is 26.7. The number of fused-ring (bicyclic) bond motifs is 8. The number of quaternary nitrogens is 1. The highest BCUT2D eigenvalue weighted by Gasteiger charge is 2.51. The normalized spacial score (nSPS) is 30.1. The van der Waals surface area contributed by atoms with Crippen LogP contribution in [0.1, 0.15) is 98.4 Å². The number of hydrogen-bond acceptors (Lipinski definition) is 8. The molecule has 2 bridgehead atoms.